The highest BCUT2D eigenvalue weighted by molar-refractivity contribution is 5.69. The number of unbranched alkanes of at least 4 members (excludes halogenated alkanes) is 6. The SMILES string of the molecule is CN1C(C)(C)CC(OOCCCCCCCCCC(=O)OC2CC(C)(C)N(C)C(C)(C)C2)CC1(C)C. The molecule has 0 atom stereocenters. The van der Waals surface area contributed by atoms with E-state index < -0.39 is 0 Å². The Morgan fingerprint density at radius 3 is 1.50 bits per heavy atom. The number of ether oxygens (including phenoxy) is 1. The van der Waals surface area contributed by atoms with E-state index in [1.54, 1.807) is 0 Å². The average Bonchev–Trinajstić information content (AvgIpc) is 2.73. The maximum atomic E-state index is 12.4. The van der Waals surface area contributed by atoms with Crippen LogP contribution in [0.25, 0.3) is 0 Å². The molecule has 0 aromatic heterocycles. The van der Waals surface area contributed by atoms with E-state index in [-0.39, 0.29) is 40.3 Å². The minimum Gasteiger partial charge on any atom is -0.462 e. The molecule has 2 fully saturated rings. The van der Waals surface area contributed by atoms with Gasteiger partial charge in [-0.05, 0) is 95.2 Å². The van der Waals surface area contributed by atoms with Gasteiger partial charge in [-0.3, -0.25) is 14.6 Å². The minimum atomic E-state index is -0.0234. The van der Waals surface area contributed by atoms with Crippen LogP contribution in [-0.4, -0.2) is 70.8 Å². The van der Waals surface area contributed by atoms with Crippen molar-refractivity contribution in [1.82, 2.24) is 9.80 Å². The van der Waals surface area contributed by atoms with Crippen LogP contribution in [-0.2, 0) is 19.3 Å². The first-order chi connectivity index (χ1) is 16.6. The molecule has 0 saturated carbocycles. The van der Waals surface area contributed by atoms with Gasteiger partial charge in [0.2, 0.25) is 0 Å². The number of carbonyl (C=O) groups excluding carboxylic acids is 1. The number of nitrogens with zero attached hydrogens (tertiary/aromatic N) is 2. The monoisotopic (exact) mass is 510 g/mol. The molecule has 2 aliphatic heterocycles. The van der Waals surface area contributed by atoms with Crippen LogP contribution in [0.4, 0.5) is 0 Å². The van der Waals surface area contributed by atoms with Gasteiger partial charge in [-0.25, -0.2) is 9.78 Å². The summed E-state index contributed by atoms with van der Waals surface area (Å²) in [7, 11) is 4.39. The van der Waals surface area contributed by atoms with Crippen molar-refractivity contribution in [3.63, 3.8) is 0 Å². The summed E-state index contributed by atoms with van der Waals surface area (Å²) in [6, 6.07) is 0. The van der Waals surface area contributed by atoms with Gasteiger partial charge in [0.25, 0.3) is 0 Å². The highest BCUT2D eigenvalue weighted by Crippen LogP contribution is 2.39. The molecule has 36 heavy (non-hydrogen) atoms. The molecule has 0 radical (unpaired) electrons. The van der Waals surface area contributed by atoms with E-state index >= 15 is 0 Å². The zero-order valence-electron chi connectivity index (χ0n) is 25.4. The number of esters is 1. The molecule has 6 nitrogen and oxygen atoms in total. The number of carbonyl (C=O) groups is 1. The van der Waals surface area contributed by atoms with Crippen LogP contribution in [0.3, 0.4) is 0 Å². The van der Waals surface area contributed by atoms with Gasteiger partial charge in [-0.15, -0.1) is 0 Å². The van der Waals surface area contributed by atoms with Crippen LogP contribution in [0.15, 0.2) is 0 Å². The van der Waals surface area contributed by atoms with Gasteiger partial charge in [0.05, 0.1) is 12.7 Å². The van der Waals surface area contributed by atoms with Crippen LogP contribution < -0.4 is 0 Å². The molecule has 2 heterocycles. The summed E-state index contributed by atoms with van der Waals surface area (Å²) < 4.78 is 5.87. The van der Waals surface area contributed by atoms with E-state index in [2.05, 4.69) is 79.3 Å². The summed E-state index contributed by atoms with van der Waals surface area (Å²) in [4.78, 5) is 28.6. The molecular weight excluding hydrogens is 452 g/mol. The maximum absolute atomic E-state index is 12.4. The van der Waals surface area contributed by atoms with Gasteiger partial charge in [-0.2, -0.15) is 0 Å². The Balaban J connectivity index is 1.47. The van der Waals surface area contributed by atoms with Gasteiger partial charge in [0.1, 0.15) is 6.10 Å². The molecule has 212 valence electrons. The van der Waals surface area contributed by atoms with Gasteiger partial charge >= 0.3 is 5.97 Å². The Morgan fingerprint density at radius 1 is 0.639 bits per heavy atom. The Morgan fingerprint density at radius 2 is 1.03 bits per heavy atom. The van der Waals surface area contributed by atoms with Crippen LogP contribution in [0, 0.1) is 0 Å². The van der Waals surface area contributed by atoms with E-state index in [0.29, 0.717) is 13.0 Å². The first-order valence-corrected chi connectivity index (χ1v) is 14.5. The summed E-state index contributed by atoms with van der Waals surface area (Å²) in [6.07, 6.45) is 12.4. The second-order valence-corrected chi connectivity index (χ2v) is 14.1. The third-order valence-electron chi connectivity index (χ3n) is 9.15. The van der Waals surface area contributed by atoms with Crippen molar-refractivity contribution in [2.45, 2.75) is 167 Å². The third-order valence-corrected chi connectivity index (χ3v) is 9.15. The predicted molar refractivity (Wildman–Crippen MR) is 148 cm³/mol. The Labute approximate surface area is 222 Å². The van der Waals surface area contributed by atoms with E-state index in [1.807, 2.05) is 0 Å². The van der Waals surface area contributed by atoms with E-state index in [9.17, 15) is 4.79 Å². The molecule has 6 heteroatoms. The van der Waals surface area contributed by atoms with Crippen molar-refractivity contribution in [2.75, 3.05) is 20.7 Å². The minimum absolute atomic E-state index is 0.0234. The second kappa shape index (κ2) is 12.9. The molecule has 0 N–H and O–H groups in total. The zero-order chi connectivity index (χ0) is 27.2. The summed E-state index contributed by atoms with van der Waals surface area (Å²) in [5.41, 5.74) is 0.329. The number of hydrogen-bond acceptors (Lipinski definition) is 6. The predicted octanol–water partition coefficient (Wildman–Crippen LogP) is 6.90. The second-order valence-electron chi connectivity index (χ2n) is 14.1. The molecule has 0 spiro atoms. The van der Waals surface area contributed by atoms with Crippen molar-refractivity contribution in [3.8, 4) is 0 Å². The first kappa shape index (κ1) is 31.5. The van der Waals surface area contributed by atoms with Gasteiger partial charge in [0.15, 0.2) is 0 Å². The average molecular weight is 511 g/mol. The van der Waals surface area contributed by atoms with E-state index in [4.69, 9.17) is 14.5 Å². The highest BCUT2D eigenvalue weighted by atomic mass is 17.2. The summed E-state index contributed by atoms with van der Waals surface area (Å²) in [5.74, 6) is -0.0234. The lowest BCUT2D eigenvalue weighted by atomic mass is 9.79. The Hall–Kier alpha value is -0.690. The molecule has 0 aromatic rings. The molecule has 2 rings (SSSR count). The zero-order valence-corrected chi connectivity index (χ0v) is 25.4. The normalized spacial score (nSPS) is 24.6. The third kappa shape index (κ3) is 9.25. The van der Waals surface area contributed by atoms with Gasteiger partial charge in [0, 0.05) is 41.4 Å². The standard InChI is InChI=1S/C30H58N2O4/c1-27(2)20-24(21-28(3,4)31(27)9)35-26(33)18-16-14-12-11-13-15-17-19-34-36-25-22-29(5,6)32(10)30(7,8)23-25/h24-25H,11-23H2,1-10H3. The molecule has 0 amide bonds. The molecule has 0 aliphatic carbocycles. The van der Waals surface area contributed by atoms with Crippen molar-refractivity contribution in [1.29, 1.82) is 0 Å². The fourth-order valence-corrected chi connectivity index (χ4v) is 6.41. The highest BCUT2D eigenvalue weighted by Gasteiger charge is 2.45. The van der Waals surface area contributed by atoms with Crippen molar-refractivity contribution < 1.29 is 19.3 Å². The topological polar surface area (TPSA) is 51.2 Å². The molecular formula is C30H58N2O4. The lowest BCUT2D eigenvalue weighted by Gasteiger charge is -2.53. The van der Waals surface area contributed by atoms with Crippen LogP contribution in [0.1, 0.15) is 132 Å². The Kier molecular flexibility index (Phi) is 11.3. The largest absolute Gasteiger partial charge is 0.462 e. The first-order valence-electron chi connectivity index (χ1n) is 14.5. The van der Waals surface area contributed by atoms with Crippen molar-refractivity contribution in [3.05, 3.63) is 0 Å². The van der Waals surface area contributed by atoms with Crippen LogP contribution in [0.2, 0.25) is 0 Å². The summed E-state index contributed by atoms with van der Waals surface area (Å²) in [6.45, 7) is 18.8. The van der Waals surface area contributed by atoms with E-state index in [1.165, 1.54) is 19.3 Å². The summed E-state index contributed by atoms with van der Waals surface area (Å²) >= 11 is 0. The molecule has 0 bridgehead atoms. The number of rotatable bonds is 13. The number of likely N-dealkylation sites (tertiary alicyclic amines) is 2. The van der Waals surface area contributed by atoms with E-state index in [0.717, 1.165) is 51.4 Å². The van der Waals surface area contributed by atoms with Crippen molar-refractivity contribution >= 4 is 5.97 Å². The van der Waals surface area contributed by atoms with Crippen molar-refractivity contribution in [2.24, 2.45) is 0 Å². The quantitative estimate of drug-likeness (QED) is 0.116. The Bertz CT molecular complexity index is 652. The molecule has 0 aromatic carbocycles. The number of hydrogen-bond donors (Lipinski definition) is 0. The fraction of sp³-hybridized carbons (Fsp3) is 0.967. The molecule has 2 saturated heterocycles. The molecule has 2 aliphatic rings. The van der Waals surface area contributed by atoms with Crippen LogP contribution in [0.5, 0.6) is 0 Å². The smallest absolute Gasteiger partial charge is 0.306 e. The summed E-state index contributed by atoms with van der Waals surface area (Å²) in [5, 5.41) is 0. The van der Waals surface area contributed by atoms with Gasteiger partial charge in [-0.1, -0.05) is 32.1 Å². The number of piperidine rings is 2. The lowest BCUT2D eigenvalue weighted by molar-refractivity contribution is -0.339. The fourth-order valence-electron chi connectivity index (χ4n) is 6.41. The van der Waals surface area contributed by atoms with Gasteiger partial charge < -0.3 is 4.74 Å². The lowest BCUT2D eigenvalue weighted by Crippen LogP contribution is -2.60. The van der Waals surface area contributed by atoms with Crippen LogP contribution >= 0.6 is 0 Å². The maximum Gasteiger partial charge on any atom is 0.306 e. The molecule has 0 unspecified atom stereocenters.